The molecule has 0 aliphatic carbocycles. The molecule has 2 aromatic heterocycles. The summed E-state index contributed by atoms with van der Waals surface area (Å²) in [6, 6.07) is 12.3. The smallest absolute Gasteiger partial charge is 0.324 e. The number of nitrogens with zero attached hydrogens (tertiary/aromatic N) is 6. The van der Waals surface area contributed by atoms with Crippen molar-refractivity contribution in [3.63, 3.8) is 0 Å². The molecular formula is C53H72N8O8. The highest BCUT2D eigenvalue weighted by molar-refractivity contribution is 5.96. The first-order valence-electron chi connectivity index (χ1n) is 24.5. The predicted octanol–water partition coefficient (Wildman–Crippen LogP) is 5.53. The van der Waals surface area contributed by atoms with Crippen molar-refractivity contribution in [2.24, 2.45) is 11.3 Å². The lowest BCUT2D eigenvalue weighted by Crippen LogP contribution is -2.62. The van der Waals surface area contributed by atoms with E-state index < -0.39 is 47.2 Å². The second kappa shape index (κ2) is 21.4. The highest BCUT2D eigenvalue weighted by Crippen LogP contribution is 2.42. The zero-order valence-electron chi connectivity index (χ0n) is 42.1. The van der Waals surface area contributed by atoms with Crippen LogP contribution in [0, 0.1) is 11.3 Å². The first-order chi connectivity index (χ1) is 32.8. The third-order valence-electron chi connectivity index (χ3n) is 13.7. The van der Waals surface area contributed by atoms with Gasteiger partial charge < -0.3 is 34.3 Å². The summed E-state index contributed by atoms with van der Waals surface area (Å²) in [6.07, 6.45) is 4.14. The first-order valence-corrected chi connectivity index (χ1v) is 24.5. The predicted molar refractivity (Wildman–Crippen MR) is 265 cm³/mol. The van der Waals surface area contributed by atoms with Crippen molar-refractivity contribution in [3.8, 4) is 28.1 Å². The monoisotopic (exact) mass is 949 g/mol. The molecule has 5 heterocycles. The molecule has 3 aliphatic heterocycles. The Balaban J connectivity index is 1.24. The lowest BCUT2D eigenvalue weighted by Gasteiger charge is -2.37. The number of likely N-dealkylation sites (N-methyl/N-ethyl adjacent to an activating group) is 2. The summed E-state index contributed by atoms with van der Waals surface area (Å²) in [7, 11) is 4.76. The van der Waals surface area contributed by atoms with Crippen LogP contribution in [0.4, 0.5) is 0 Å². The highest BCUT2D eigenvalue weighted by Gasteiger charge is 2.43. The average molecular weight is 949 g/mol. The van der Waals surface area contributed by atoms with E-state index in [-0.39, 0.29) is 55.7 Å². The summed E-state index contributed by atoms with van der Waals surface area (Å²) in [5.74, 6) is -2.33. The number of carbonyl (C=O) groups is 5. The van der Waals surface area contributed by atoms with Gasteiger partial charge in [-0.25, -0.2) is 5.43 Å². The summed E-state index contributed by atoms with van der Waals surface area (Å²) in [5.41, 5.74) is 10.0. The molecule has 0 spiro atoms. The Kier molecular flexibility index (Phi) is 15.8. The van der Waals surface area contributed by atoms with Crippen LogP contribution in [0.3, 0.4) is 0 Å². The second-order valence-electron chi connectivity index (χ2n) is 20.6. The van der Waals surface area contributed by atoms with Crippen molar-refractivity contribution in [3.05, 3.63) is 71.5 Å². The largest absolute Gasteiger partial charge is 0.508 e. The zero-order valence-corrected chi connectivity index (χ0v) is 42.1. The Labute approximate surface area is 406 Å². The number of phenolic OH excluding ortho intramolecular Hbond substituents is 1. The summed E-state index contributed by atoms with van der Waals surface area (Å²) in [4.78, 5) is 79.9. The molecule has 16 heteroatoms. The van der Waals surface area contributed by atoms with Crippen molar-refractivity contribution in [2.75, 3.05) is 60.6 Å². The molecule has 4 aromatic rings. The summed E-state index contributed by atoms with van der Waals surface area (Å²) < 4.78 is 13.6. The van der Waals surface area contributed by atoms with Crippen molar-refractivity contribution in [1.82, 2.24) is 40.0 Å². The van der Waals surface area contributed by atoms with Gasteiger partial charge in [-0.1, -0.05) is 53.7 Å². The Morgan fingerprint density at radius 1 is 1.06 bits per heavy atom. The van der Waals surface area contributed by atoms with E-state index in [4.69, 9.17) is 14.5 Å². The van der Waals surface area contributed by atoms with E-state index in [2.05, 4.69) is 68.1 Å². The van der Waals surface area contributed by atoms with E-state index in [1.165, 1.54) is 21.9 Å². The normalized spacial score (nSPS) is 20.9. The Bertz CT molecular complexity index is 2550. The van der Waals surface area contributed by atoms with Gasteiger partial charge in [0, 0.05) is 88.5 Å². The first kappa shape index (κ1) is 51.0. The number of aromatic nitrogens is 2. The molecule has 69 heavy (non-hydrogen) atoms. The average Bonchev–Trinajstić information content (AvgIpc) is 4.03. The van der Waals surface area contributed by atoms with Gasteiger partial charge in [0.2, 0.25) is 17.7 Å². The van der Waals surface area contributed by atoms with Gasteiger partial charge >= 0.3 is 5.97 Å². The molecule has 372 valence electrons. The van der Waals surface area contributed by atoms with Gasteiger partial charge in [-0.3, -0.25) is 38.9 Å². The van der Waals surface area contributed by atoms with E-state index in [0.29, 0.717) is 44.5 Å². The quantitative estimate of drug-likeness (QED) is 0.0823. The van der Waals surface area contributed by atoms with Crippen LogP contribution in [-0.4, -0.2) is 149 Å². The second-order valence-corrected chi connectivity index (χ2v) is 20.6. The van der Waals surface area contributed by atoms with Crippen LogP contribution < -0.4 is 10.7 Å². The molecule has 2 saturated heterocycles. The number of ether oxygens (including phenoxy) is 2. The number of hydrogen-bond donors (Lipinski definition) is 3. The van der Waals surface area contributed by atoms with E-state index in [0.717, 1.165) is 57.5 Å². The van der Waals surface area contributed by atoms with E-state index in [1.807, 2.05) is 43.1 Å². The molecule has 5 atom stereocenters. The van der Waals surface area contributed by atoms with Gasteiger partial charge in [-0.2, -0.15) is 0 Å². The van der Waals surface area contributed by atoms with Crippen LogP contribution >= 0.6 is 0 Å². The number of cyclic esters (lactones) is 1. The number of fused-ring (bicyclic) bond motifs is 6. The maximum Gasteiger partial charge on any atom is 0.324 e. The molecule has 6 bridgehead atoms. The number of aryl methyl sites for hydroxylation is 1. The number of nitrogens with one attached hydrogen (secondary N) is 2. The zero-order chi connectivity index (χ0) is 49.9. The standard InChI is InChI=1S/C53H72N8O8/c1-11-60-43-18-17-35-27-39(43)40(48(60)38-15-12-19-54-46(38)32(2)3)28-53(6,7)31-69-52(67)41-16-13-21-61(56-41)50(65)42(25-34-23-36(35)26-37(62)24-34)55-49(64)47(33(4)5)58(9)45(63)30-57(8)51(66)44-29-59(44)20-14-22-68-10/h12,15,17-19,23-24,26-27,32-33,41-42,44,47,56,62H,11,13-14,16,20-22,25,28-31H2,1-10H3,(H,55,64)/t41-,42-,44-,47-,59?/m0/s1. The Morgan fingerprint density at radius 2 is 1.83 bits per heavy atom. The molecule has 7 rings (SSSR count). The van der Waals surface area contributed by atoms with Crippen molar-refractivity contribution < 1.29 is 38.6 Å². The van der Waals surface area contributed by atoms with Gasteiger partial charge in [0.1, 0.15) is 29.9 Å². The fourth-order valence-corrected chi connectivity index (χ4v) is 10.1. The maximum absolute atomic E-state index is 14.8. The lowest BCUT2D eigenvalue weighted by atomic mass is 9.83. The van der Waals surface area contributed by atoms with Gasteiger partial charge in [0.05, 0.1) is 24.5 Å². The van der Waals surface area contributed by atoms with Crippen LogP contribution in [-0.2, 0) is 52.8 Å². The third-order valence-corrected chi connectivity index (χ3v) is 13.7. The minimum atomic E-state index is -1.18. The molecule has 1 unspecified atom stereocenters. The molecule has 3 N–H and O–H groups in total. The summed E-state index contributed by atoms with van der Waals surface area (Å²) >= 11 is 0. The highest BCUT2D eigenvalue weighted by atomic mass is 16.5. The number of pyridine rings is 1. The van der Waals surface area contributed by atoms with Gasteiger partial charge in [0.25, 0.3) is 5.91 Å². The maximum atomic E-state index is 14.8. The molecule has 3 aliphatic rings. The fourth-order valence-electron chi connectivity index (χ4n) is 10.1. The fraction of sp³-hybridized carbons (Fsp3) is 0.547. The lowest BCUT2D eigenvalue weighted by molar-refractivity contribution is -0.155. The number of hydrazine groups is 1. The minimum absolute atomic E-state index is 0.00751. The molecule has 4 amide bonds. The van der Waals surface area contributed by atoms with Crippen LogP contribution in [0.15, 0.2) is 54.7 Å². The van der Waals surface area contributed by atoms with Crippen molar-refractivity contribution in [1.29, 1.82) is 0 Å². The number of aromatic hydroxyl groups is 1. The van der Waals surface area contributed by atoms with E-state index in [9.17, 15) is 29.1 Å². The molecule has 0 radical (unpaired) electrons. The number of amides is 4. The van der Waals surface area contributed by atoms with Crippen LogP contribution in [0.1, 0.15) is 90.5 Å². The molecule has 0 saturated carbocycles. The Hall–Kier alpha value is -5.84. The number of esters is 1. The van der Waals surface area contributed by atoms with E-state index >= 15 is 0 Å². The SMILES string of the molecule is CCn1c(-c2cccnc2C(C)C)c2c3cc(ccc31)-c1cc(O)cc(c1)C[C@H](NC(=O)[C@H](C(C)C)N(C)C(=O)CN(C)C(=O)[C@@H]1CN1CCCOC)C(=O)N1CCC[C@H](N1)C(=O)OCC(C)(C)C2. The molecule has 2 fully saturated rings. The van der Waals surface area contributed by atoms with Crippen molar-refractivity contribution >= 4 is 40.5 Å². The Morgan fingerprint density at radius 3 is 2.54 bits per heavy atom. The number of rotatable bonds is 14. The minimum Gasteiger partial charge on any atom is -0.508 e. The van der Waals surface area contributed by atoms with E-state index in [1.54, 1.807) is 26.3 Å². The van der Waals surface area contributed by atoms with Crippen LogP contribution in [0.2, 0.25) is 0 Å². The van der Waals surface area contributed by atoms with Crippen LogP contribution in [0.25, 0.3) is 33.3 Å². The molecule has 2 aromatic carbocycles. The number of methoxy groups -OCH3 is 1. The number of phenols is 1. The summed E-state index contributed by atoms with van der Waals surface area (Å²) in [5, 5.41) is 16.7. The van der Waals surface area contributed by atoms with Gasteiger partial charge in [0.15, 0.2) is 0 Å². The number of carbonyl (C=O) groups excluding carboxylic acids is 5. The van der Waals surface area contributed by atoms with Gasteiger partial charge in [-0.15, -0.1) is 0 Å². The number of hydrogen-bond acceptors (Lipinski definition) is 11. The number of benzene rings is 2. The van der Waals surface area contributed by atoms with Crippen LogP contribution in [0.5, 0.6) is 5.75 Å². The molecule has 16 nitrogen and oxygen atoms in total. The topological polar surface area (TPSA) is 179 Å². The van der Waals surface area contributed by atoms with Crippen molar-refractivity contribution in [2.45, 2.75) is 117 Å². The summed E-state index contributed by atoms with van der Waals surface area (Å²) in [6.45, 7) is 17.0. The molecular weight excluding hydrogens is 877 g/mol. The third kappa shape index (κ3) is 11.5. The van der Waals surface area contributed by atoms with Gasteiger partial charge in [-0.05, 0) is 103 Å².